The molecule has 0 rings (SSSR count). The van der Waals surface area contributed by atoms with Gasteiger partial charge in [0.2, 0.25) is 0 Å². The van der Waals surface area contributed by atoms with E-state index in [1.54, 1.807) is 0 Å². The third-order valence-corrected chi connectivity index (χ3v) is 13.9. The Balaban J connectivity index is 4.24. The Morgan fingerprint density at radius 2 is 0.643 bits per heavy atom. The monoisotopic (exact) mass is 981 g/mol. The Labute approximate surface area is 437 Å². The summed E-state index contributed by atoms with van der Waals surface area (Å²) in [5, 5.41) is 0. The van der Waals surface area contributed by atoms with E-state index in [-0.39, 0.29) is 25.2 Å². The molecule has 0 unspecified atom stereocenters. The summed E-state index contributed by atoms with van der Waals surface area (Å²) in [6, 6.07) is 0. The normalized spacial score (nSPS) is 12.4. The van der Waals surface area contributed by atoms with Gasteiger partial charge in [-0.05, 0) is 57.8 Å². The second kappa shape index (κ2) is 61.2. The fourth-order valence-electron chi connectivity index (χ4n) is 9.27. The summed E-state index contributed by atoms with van der Waals surface area (Å²) in [6.07, 6.45) is 77.2. The average Bonchev–Trinajstić information content (AvgIpc) is 3.36. The van der Waals surface area contributed by atoms with Gasteiger partial charge in [0, 0.05) is 19.4 Å². The summed E-state index contributed by atoms with van der Waals surface area (Å²) in [6.45, 7) is 7.76. The van der Waals surface area contributed by atoms with Crippen molar-refractivity contribution in [2.24, 2.45) is 0 Å². The molecule has 70 heavy (non-hydrogen) atoms. The van der Waals surface area contributed by atoms with E-state index in [1.807, 2.05) is 0 Å². The van der Waals surface area contributed by atoms with Crippen molar-refractivity contribution >= 4 is 11.9 Å². The largest absolute Gasteiger partial charge is 0.462 e. The lowest BCUT2D eigenvalue weighted by molar-refractivity contribution is -0.163. The molecule has 410 valence electrons. The second-order valence-electron chi connectivity index (χ2n) is 20.9. The van der Waals surface area contributed by atoms with Crippen molar-refractivity contribution in [3.8, 4) is 0 Å². The van der Waals surface area contributed by atoms with Crippen LogP contribution in [0, 0.1) is 0 Å². The van der Waals surface area contributed by atoms with Crippen molar-refractivity contribution in [2.75, 3.05) is 19.8 Å². The first-order valence-electron chi connectivity index (χ1n) is 31.2. The summed E-state index contributed by atoms with van der Waals surface area (Å²) >= 11 is 0. The number of carbonyl (C=O) groups is 2. The molecular formula is C65H120O5. The number of hydrogen-bond acceptors (Lipinski definition) is 5. The lowest BCUT2D eigenvalue weighted by Crippen LogP contribution is -2.30. The SMILES string of the molecule is CC/C=C\C/C=C\C/C=C\C/C=C\CCCCCCC(=O)O[C@H](COCCCCCCCCCCCCCCCCCC)COC(=O)CCCCCCCCCCCCCCCCCCCCCCC. The number of hydrogen-bond donors (Lipinski definition) is 0. The highest BCUT2D eigenvalue weighted by atomic mass is 16.6. The quantitative estimate of drug-likeness (QED) is 0.0345. The van der Waals surface area contributed by atoms with Crippen LogP contribution in [0.3, 0.4) is 0 Å². The summed E-state index contributed by atoms with van der Waals surface area (Å²) < 4.78 is 17.5. The van der Waals surface area contributed by atoms with Gasteiger partial charge in [-0.1, -0.05) is 307 Å². The molecule has 0 aromatic rings. The van der Waals surface area contributed by atoms with Gasteiger partial charge in [0.25, 0.3) is 0 Å². The van der Waals surface area contributed by atoms with Crippen LogP contribution in [0.1, 0.15) is 329 Å². The fourth-order valence-corrected chi connectivity index (χ4v) is 9.27. The maximum absolute atomic E-state index is 12.9. The molecule has 5 heteroatoms. The molecule has 0 fully saturated rings. The highest BCUT2D eigenvalue weighted by Gasteiger charge is 2.17. The standard InChI is InChI=1S/C65H120O5/c1-4-7-10-13-16-19-22-25-28-31-32-33-34-36-37-40-43-46-49-52-55-58-64(66)69-62-63(61-68-60-57-54-51-48-45-42-39-30-27-24-21-18-15-12-9-6-3)70-65(67)59-56-53-50-47-44-41-38-35-29-26-23-20-17-14-11-8-5-2/h8,11,17,20,26,29,38,41,63H,4-7,9-10,12-16,18-19,21-25,27-28,30-37,39-40,42-62H2,1-3H3/b11-8-,20-17-,29-26-,41-38-/t63-/m1/s1. The summed E-state index contributed by atoms with van der Waals surface area (Å²) in [5.41, 5.74) is 0. The van der Waals surface area contributed by atoms with Crippen molar-refractivity contribution in [1.29, 1.82) is 0 Å². The first-order chi connectivity index (χ1) is 34.6. The van der Waals surface area contributed by atoms with Crippen LogP contribution in [0.15, 0.2) is 48.6 Å². The maximum Gasteiger partial charge on any atom is 0.306 e. The molecule has 0 radical (unpaired) electrons. The number of unbranched alkanes of at least 4 members (excludes halogenated alkanes) is 39. The lowest BCUT2D eigenvalue weighted by atomic mass is 10.0. The molecule has 0 heterocycles. The van der Waals surface area contributed by atoms with Crippen LogP contribution in [-0.4, -0.2) is 37.9 Å². The zero-order valence-corrected chi connectivity index (χ0v) is 47.3. The van der Waals surface area contributed by atoms with E-state index in [0.717, 1.165) is 77.0 Å². The Kier molecular flexibility index (Phi) is 59.3. The van der Waals surface area contributed by atoms with Gasteiger partial charge in [-0.2, -0.15) is 0 Å². The molecule has 5 nitrogen and oxygen atoms in total. The van der Waals surface area contributed by atoms with E-state index in [4.69, 9.17) is 14.2 Å². The van der Waals surface area contributed by atoms with Crippen molar-refractivity contribution in [3.63, 3.8) is 0 Å². The first kappa shape index (κ1) is 67.9. The minimum atomic E-state index is -0.546. The summed E-state index contributed by atoms with van der Waals surface area (Å²) in [7, 11) is 0. The molecule has 0 aliphatic carbocycles. The van der Waals surface area contributed by atoms with Gasteiger partial charge in [0.15, 0.2) is 6.10 Å². The molecule has 0 N–H and O–H groups in total. The van der Waals surface area contributed by atoms with Crippen LogP contribution in [0.4, 0.5) is 0 Å². The molecule has 0 spiro atoms. The molecule has 0 aromatic carbocycles. The van der Waals surface area contributed by atoms with Gasteiger partial charge in [-0.25, -0.2) is 0 Å². The van der Waals surface area contributed by atoms with Crippen LogP contribution < -0.4 is 0 Å². The number of allylic oxidation sites excluding steroid dienone is 8. The molecule has 0 bridgehead atoms. The zero-order chi connectivity index (χ0) is 50.6. The Hall–Kier alpha value is -2.14. The third-order valence-electron chi connectivity index (χ3n) is 13.9. The molecule has 0 aliphatic heterocycles. The maximum atomic E-state index is 12.9. The van der Waals surface area contributed by atoms with Gasteiger partial charge >= 0.3 is 11.9 Å². The predicted molar refractivity (Wildman–Crippen MR) is 307 cm³/mol. The average molecular weight is 982 g/mol. The predicted octanol–water partition coefficient (Wildman–Crippen LogP) is 21.5. The van der Waals surface area contributed by atoms with Gasteiger partial charge in [0.1, 0.15) is 6.61 Å². The summed E-state index contributed by atoms with van der Waals surface area (Å²) in [5.74, 6) is -0.403. The molecule has 0 saturated carbocycles. The van der Waals surface area contributed by atoms with Crippen molar-refractivity contribution < 1.29 is 23.8 Å². The van der Waals surface area contributed by atoms with Crippen LogP contribution >= 0.6 is 0 Å². The van der Waals surface area contributed by atoms with Crippen molar-refractivity contribution in [3.05, 3.63) is 48.6 Å². The molecule has 0 amide bonds. The Morgan fingerprint density at radius 3 is 1.03 bits per heavy atom. The minimum absolute atomic E-state index is 0.0810. The molecule has 1 atom stereocenters. The molecule has 0 aliphatic rings. The van der Waals surface area contributed by atoms with Crippen molar-refractivity contribution in [1.82, 2.24) is 0 Å². The minimum Gasteiger partial charge on any atom is -0.462 e. The molecular weight excluding hydrogens is 861 g/mol. The third kappa shape index (κ3) is 58.4. The second-order valence-corrected chi connectivity index (χ2v) is 20.9. The van der Waals surface area contributed by atoms with Crippen LogP contribution in [0.5, 0.6) is 0 Å². The van der Waals surface area contributed by atoms with Crippen LogP contribution in [0.2, 0.25) is 0 Å². The zero-order valence-electron chi connectivity index (χ0n) is 47.3. The summed E-state index contributed by atoms with van der Waals surface area (Å²) in [4.78, 5) is 25.6. The van der Waals surface area contributed by atoms with E-state index >= 15 is 0 Å². The van der Waals surface area contributed by atoms with E-state index in [1.165, 1.54) is 218 Å². The molecule has 0 aromatic heterocycles. The first-order valence-corrected chi connectivity index (χ1v) is 31.2. The van der Waals surface area contributed by atoms with Gasteiger partial charge in [-0.3, -0.25) is 9.59 Å². The highest BCUT2D eigenvalue weighted by molar-refractivity contribution is 5.70. The highest BCUT2D eigenvalue weighted by Crippen LogP contribution is 2.17. The van der Waals surface area contributed by atoms with E-state index in [2.05, 4.69) is 69.4 Å². The van der Waals surface area contributed by atoms with Gasteiger partial charge in [-0.15, -0.1) is 0 Å². The van der Waals surface area contributed by atoms with Crippen LogP contribution in [-0.2, 0) is 23.8 Å². The fraction of sp³-hybridized carbons (Fsp3) is 0.846. The number of esters is 2. The lowest BCUT2D eigenvalue weighted by Gasteiger charge is -2.18. The topological polar surface area (TPSA) is 61.8 Å². The van der Waals surface area contributed by atoms with E-state index in [0.29, 0.717) is 19.4 Å². The smallest absolute Gasteiger partial charge is 0.306 e. The van der Waals surface area contributed by atoms with Crippen molar-refractivity contribution in [2.45, 2.75) is 335 Å². The number of carbonyl (C=O) groups excluding carboxylic acids is 2. The van der Waals surface area contributed by atoms with Gasteiger partial charge in [0.05, 0.1) is 6.61 Å². The Bertz CT molecular complexity index is 1150. The van der Waals surface area contributed by atoms with E-state index < -0.39 is 6.10 Å². The van der Waals surface area contributed by atoms with Gasteiger partial charge < -0.3 is 14.2 Å². The molecule has 0 saturated heterocycles. The number of rotatable bonds is 58. The number of ether oxygens (including phenoxy) is 3. The van der Waals surface area contributed by atoms with E-state index in [9.17, 15) is 9.59 Å². The Morgan fingerprint density at radius 1 is 0.329 bits per heavy atom. The van der Waals surface area contributed by atoms with Crippen LogP contribution in [0.25, 0.3) is 0 Å².